The Labute approximate surface area is 91.2 Å². The molecule has 0 bridgehead atoms. The molecule has 0 aromatic carbocycles. The molecule has 0 spiro atoms. The molecule has 0 aromatic rings. The summed E-state index contributed by atoms with van der Waals surface area (Å²) < 4.78 is 29.6. The second kappa shape index (κ2) is 7.45. The van der Waals surface area contributed by atoms with Crippen molar-refractivity contribution in [1.29, 1.82) is 0 Å². The van der Waals surface area contributed by atoms with Gasteiger partial charge in [-0.15, -0.1) is 11.6 Å². The quantitative estimate of drug-likeness (QED) is 0.470. The number of nitrogens with zero attached hydrogens (tertiary/aromatic N) is 1. The maximum atomic E-state index is 11.5. The average molecular weight is 244 g/mol. The van der Waals surface area contributed by atoms with E-state index < -0.39 is 10.0 Å². The van der Waals surface area contributed by atoms with Gasteiger partial charge in [-0.1, -0.05) is 6.92 Å². The molecular weight excluding hydrogens is 226 g/mol. The summed E-state index contributed by atoms with van der Waals surface area (Å²) in [5.41, 5.74) is 0. The maximum Gasteiger partial charge on any atom is 0.215 e. The minimum absolute atomic E-state index is 0.00544. The Morgan fingerprint density at radius 3 is 2.43 bits per heavy atom. The highest BCUT2D eigenvalue weighted by molar-refractivity contribution is 7.89. The number of hydrogen-bond donors (Lipinski definition) is 0. The molecule has 0 saturated carbocycles. The van der Waals surface area contributed by atoms with E-state index in [0.717, 1.165) is 0 Å². The maximum absolute atomic E-state index is 11.5. The SMILES string of the molecule is CCOCCN(CC)S(=O)(=O)CCCl. The predicted molar refractivity (Wildman–Crippen MR) is 58.2 cm³/mol. The lowest BCUT2D eigenvalue weighted by atomic mass is 10.6. The zero-order valence-corrected chi connectivity index (χ0v) is 10.3. The Kier molecular flexibility index (Phi) is 7.54. The highest BCUT2D eigenvalue weighted by Crippen LogP contribution is 2.01. The van der Waals surface area contributed by atoms with Gasteiger partial charge in [-0.05, 0) is 6.92 Å². The molecule has 14 heavy (non-hydrogen) atoms. The lowest BCUT2D eigenvalue weighted by molar-refractivity contribution is 0.135. The van der Waals surface area contributed by atoms with Crippen LogP contribution in [0, 0.1) is 0 Å². The number of ether oxygens (including phenoxy) is 1. The zero-order valence-electron chi connectivity index (χ0n) is 8.70. The third-order valence-corrected chi connectivity index (χ3v) is 4.13. The van der Waals surface area contributed by atoms with Gasteiger partial charge in [-0.2, -0.15) is 4.31 Å². The molecule has 0 fully saturated rings. The minimum atomic E-state index is -3.18. The molecule has 0 rings (SSSR count). The van der Waals surface area contributed by atoms with Crippen molar-refractivity contribution in [2.24, 2.45) is 0 Å². The molecule has 0 radical (unpaired) electrons. The molecule has 0 aliphatic carbocycles. The predicted octanol–water partition coefficient (Wildman–Crippen LogP) is 0.913. The summed E-state index contributed by atoms with van der Waals surface area (Å²) >= 11 is 5.41. The second-order valence-electron chi connectivity index (χ2n) is 2.69. The van der Waals surface area contributed by atoms with Crippen LogP contribution in [0.1, 0.15) is 13.8 Å². The number of halogens is 1. The molecule has 6 heteroatoms. The Morgan fingerprint density at radius 2 is 2.00 bits per heavy atom. The van der Waals surface area contributed by atoms with Crippen molar-refractivity contribution in [2.45, 2.75) is 13.8 Å². The summed E-state index contributed by atoms with van der Waals surface area (Å²) in [5.74, 6) is 0.127. The molecule has 0 amide bonds. The van der Waals surface area contributed by atoms with Crippen molar-refractivity contribution in [3.8, 4) is 0 Å². The highest BCUT2D eigenvalue weighted by Gasteiger charge is 2.18. The van der Waals surface area contributed by atoms with Gasteiger partial charge in [0.2, 0.25) is 10.0 Å². The van der Waals surface area contributed by atoms with Gasteiger partial charge in [0.25, 0.3) is 0 Å². The smallest absolute Gasteiger partial charge is 0.215 e. The van der Waals surface area contributed by atoms with Crippen molar-refractivity contribution in [2.75, 3.05) is 37.9 Å². The van der Waals surface area contributed by atoms with Crippen LogP contribution in [0.15, 0.2) is 0 Å². The molecule has 0 unspecified atom stereocenters. The third-order valence-electron chi connectivity index (χ3n) is 1.77. The Hall–Kier alpha value is 0.160. The van der Waals surface area contributed by atoms with Crippen molar-refractivity contribution < 1.29 is 13.2 Å². The first-order valence-electron chi connectivity index (χ1n) is 4.70. The van der Waals surface area contributed by atoms with Gasteiger partial charge in [0, 0.05) is 25.6 Å². The van der Waals surface area contributed by atoms with E-state index >= 15 is 0 Å². The Morgan fingerprint density at radius 1 is 1.36 bits per heavy atom. The lowest BCUT2D eigenvalue weighted by Crippen LogP contribution is -2.36. The van der Waals surface area contributed by atoms with Gasteiger partial charge in [-0.25, -0.2) is 8.42 Å². The van der Waals surface area contributed by atoms with E-state index in [1.54, 1.807) is 6.92 Å². The van der Waals surface area contributed by atoms with Crippen molar-refractivity contribution >= 4 is 21.6 Å². The highest BCUT2D eigenvalue weighted by atomic mass is 35.5. The molecular formula is C8H18ClNO3S. The van der Waals surface area contributed by atoms with Crippen molar-refractivity contribution in [1.82, 2.24) is 4.31 Å². The summed E-state index contributed by atoms with van der Waals surface area (Å²) in [6.45, 7) is 5.59. The fraction of sp³-hybridized carbons (Fsp3) is 1.00. The van der Waals surface area contributed by atoms with Crippen LogP contribution < -0.4 is 0 Å². The third kappa shape index (κ3) is 5.14. The van der Waals surface area contributed by atoms with Gasteiger partial charge in [0.1, 0.15) is 0 Å². The summed E-state index contributed by atoms with van der Waals surface area (Å²) in [4.78, 5) is 0. The average Bonchev–Trinajstić information content (AvgIpc) is 2.12. The fourth-order valence-electron chi connectivity index (χ4n) is 1.03. The van der Waals surface area contributed by atoms with E-state index in [9.17, 15) is 8.42 Å². The van der Waals surface area contributed by atoms with Gasteiger partial charge >= 0.3 is 0 Å². The normalized spacial score (nSPS) is 12.3. The first-order chi connectivity index (χ1) is 6.58. The minimum Gasteiger partial charge on any atom is -0.380 e. The second-order valence-corrected chi connectivity index (χ2v) is 5.16. The number of rotatable bonds is 8. The molecule has 0 saturated heterocycles. The Bertz CT molecular complexity index is 231. The molecule has 86 valence electrons. The van der Waals surface area contributed by atoms with Gasteiger partial charge < -0.3 is 4.74 Å². The molecule has 0 atom stereocenters. The number of likely N-dealkylation sites (N-methyl/N-ethyl adjacent to an activating group) is 1. The molecule has 0 heterocycles. The van der Waals surface area contributed by atoms with Crippen molar-refractivity contribution in [3.63, 3.8) is 0 Å². The standard InChI is InChI=1S/C8H18ClNO3S/c1-3-10(6-7-13-4-2)14(11,12)8-5-9/h3-8H2,1-2H3. The van der Waals surface area contributed by atoms with E-state index in [2.05, 4.69) is 0 Å². The van der Waals surface area contributed by atoms with E-state index in [0.29, 0.717) is 26.3 Å². The van der Waals surface area contributed by atoms with E-state index in [-0.39, 0.29) is 11.6 Å². The summed E-state index contributed by atoms with van der Waals surface area (Å²) in [7, 11) is -3.18. The van der Waals surface area contributed by atoms with Crippen molar-refractivity contribution in [3.05, 3.63) is 0 Å². The fourth-order valence-corrected chi connectivity index (χ4v) is 2.82. The summed E-state index contributed by atoms with van der Waals surface area (Å²) in [6.07, 6.45) is 0. The first-order valence-corrected chi connectivity index (χ1v) is 6.84. The van der Waals surface area contributed by atoms with Crippen LogP contribution in [0.2, 0.25) is 0 Å². The van der Waals surface area contributed by atoms with Crippen LogP contribution in [-0.2, 0) is 14.8 Å². The van der Waals surface area contributed by atoms with Crippen LogP contribution in [0.5, 0.6) is 0 Å². The number of sulfonamides is 1. The van der Waals surface area contributed by atoms with E-state index in [1.165, 1.54) is 4.31 Å². The van der Waals surface area contributed by atoms with Gasteiger partial charge in [0.15, 0.2) is 0 Å². The zero-order chi connectivity index (χ0) is 11.0. The van der Waals surface area contributed by atoms with Gasteiger partial charge in [-0.3, -0.25) is 0 Å². The van der Waals surface area contributed by atoms with E-state index in [4.69, 9.17) is 16.3 Å². The largest absolute Gasteiger partial charge is 0.380 e. The van der Waals surface area contributed by atoms with Crippen LogP contribution in [0.3, 0.4) is 0 Å². The van der Waals surface area contributed by atoms with Gasteiger partial charge in [0.05, 0.1) is 12.4 Å². The van der Waals surface area contributed by atoms with Crippen LogP contribution in [-0.4, -0.2) is 50.7 Å². The van der Waals surface area contributed by atoms with E-state index in [1.807, 2.05) is 6.92 Å². The summed E-state index contributed by atoms with van der Waals surface area (Å²) in [5, 5.41) is 0. The lowest BCUT2D eigenvalue weighted by Gasteiger charge is -2.19. The van der Waals surface area contributed by atoms with Crippen LogP contribution in [0.4, 0.5) is 0 Å². The molecule has 0 N–H and O–H groups in total. The Balaban J connectivity index is 4.11. The molecule has 0 aromatic heterocycles. The molecule has 0 aliphatic heterocycles. The number of alkyl halides is 1. The summed E-state index contributed by atoms with van der Waals surface area (Å²) in [6, 6.07) is 0. The first kappa shape index (κ1) is 14.2. The molecule has 4 nitrogen and oxygen atoms in total. The van der Waals surface area contributed by atoms with Crippen LogP contribution >= 0.6 is 11.6 Å². The molecule has 0 aliphatic rings. The monoisotopic (exact) mass is 243 g/mol. The topological polar surface area (TPSA) is 46.6 Å². The van der Waals surface area contributed by atoms with Crippen LogP contribution in [0.25, 0.3) is 0 Å². The number of hydrogen-bond acceptors (Lipinski definition) is 3.